The molecule has 0 radical (unpaired) electrons. The number of alkyl halides is 2. The van der Waals surface area contributed by atoms with E-state index in [0.29, 0.717) is 4.57 Å². The second-order valence-corrected chi connectivity index (χ2v) is 9.65. The summed E-state index contributed by atoms with van der Waals surface area (Å²) in [5, 5.41) is 12.1. The van der Waals surface area contributed by atoms with Crippen LogP contribution in [0.2, 0.25) is 0 Å². The molecule has 12 nitrogen and oxygen atoms in total. The van der Waals surface area contributed by atoms with E-state index in [1.54, 1.807) is 18.2 Å². The van der Waals surface area contributed by atoms with E-state index in [9.17, 15) is 33.2 Å². The van der Waals surface area contributed by atoms with Crippen LogP contribution in [0.1, 0.15) is 16.6 Å². The lowest BCUT2D eigenvalue weighted by Crippen LogP contribution is -2.42. The van der Waals surface area contributed by atoms with Crippen molar-refractivity contribution in [1.82, 2.24) is 14.6 Å². The monoisotopic (exact) mass is 506 g/mol. The van der Waals surface area contributed by atoms with Gasteiger partial charge in [-0.25, -0.2) is 9.59 Å². The third-order valence-corrected chi connectivity index (χ3v) is 5.91. The molecule has 1 aliphatic rings. The van der Waals surface area contributed by atoms with Gasteiger partial charge in [-0.1, -0.05) is 18.2 Å². The first-order chi connectivity index (χ1) is 15.4. The van der Waals surface area contributed by atoms with Gasteiger partial charge in [-0.15, -0.1) is 0 Å². The lowest BCUT2D eigenvalue weighted by molar-refractivity contribution is -0.141. The van der Waals surface area contributed by atoms with Crippen LogP contribution in [0, 0.1) is 0 Å². The normalized spacial score (nSPS) is 23.5. The third kappa shape index (κ3) is 5.76. The summed E-state index contributed by atoms with van der Waals surface area (Å²) < 4.78 is 44.1. The van der Waals surface area contributed by atoms with Gasteiger partial charge in [0.05, 0.1) is 6.61 Å². The smallest absolute Gasteiger partial charge is 0.391 e. The molecule has 0 saturated carbocycles. The van der Waals surface area contributed by atoms with E-state index in [4.69, 9.17) is 26.8 Å². The van der Waals surface area contributed by atoms with Crippen molar-refractivity contribution >= 4 is 30.4 Å². The van der Waals surface area contributed by atoms with E-state index < -0.39 is 61.2 Å². The number of rotatable bonds is 7. The number of nitrogens with zero attached hydrogens (tertiary/aromatic N) is 2. The fourth-order valence-corrected chi connectivity index (χ4v) is 4.06. The van der Waals surface area contributed by atoms with Gasteiger partial charge in [-0.05, 0) is 23.9 Å². The number of aliphatic hydroxyl groups excluding tert-OH is 1. The van der Waals surface area contributed by atoms with Crippen molar-refractivity contribution in [2.24, 2.45) is 5.73 Å². The second kappa shape index (κ2) is 9.59. The topological polar surface area (TPSA) is 175 Å². The van der Waals surface area contributed by atoms with Crippen LogP contribution in [0.15, 0.2) is 47.4 Å². The molecule has 16 heteroatoms. The van der Waals surface area contributed by atoms with E-state index in [0.717, 1.165) is 12.3 Å². The maximum absolute atomic E-state index is 14.6. The van der Waals surface area contributed by atoms with Crippen LogP contribution >= 0.6 is 6.64 Å². The Morgan fingerprint density at radius 1 is 1.33 bits per heavy atom. The summed E-state index contributed by atoms with van der Waals surface area (Å²) in [7, 11) is 0. The molecule has 0 bridgehead atoms. The van der Waals surface area contributed by atoms with Crippen molar-refractivity contribution in [2.45, 2.75) is 24.4 Å². The van der Waals surface area contributed by atoms with Gasteiger partial charge >= 0.3 is 17.7 Å². The Hall–Kier alpha value is -2.81. The van der Waals surface area contributed by atoms with Crippen molar-refractivity contribution in [3.63, 3.8) is 0 Å². The van der Waals surface area contributed by atoms with E-state index in [1.165, 1.54) is 12.1 Å². The number of primary amides is 1. The van der Waals surface area contributed by atoms with Crippen molar-refractivity contribution in [3.8, 4) is 5.88 Å². The molecule has 1 aromatic carbocycles. The zero-order valence-corrected chi connectivity index (χ0v) is 18.1. The molecule has 2 aromatic rings. The number of aliphatic hydroxyl groups is 1. The van der Waals surface area contributed by atoms with Crippen LogP contribution in [-0.4, -0.2) is 56.3 Å². The Labute approximate surface area is 189 Å². The highest BCUT2D eigenvalue weighted by atomic mass is 32.5. The fraction of sp³-hybridized carbons (Fsp3) is 0.294. The highest BCUT2D eigenvalue weighted by molar-refractivity contribution is 8.08. The molecule has 1 fully saturated rings. The number of halogens is 2. The highest BCUT2D eigenvalue weighted by Gasteiger charge is 2.60. The molecule has 1 aliphatic heterocycles. The van der Waals surface area contributed by atoms with Crippen LogP contribution in [0.25, 0.3) is 0 Å². The number of carbonyl (C=O) groups excluding carboxylic acids is 2. The molecule has 33 heavy (non-hydrogen) atoms. The van der Waals surface area contributed by atoms with Crippen molar-refractivity contribution in [2.75, 3.05) is 6.61 Å². The summed E-state index contributed by atoms with van der Waals surface area (Å²) in [6.07, 6.45) is -6.97. The first kappa shape index (κ1) is 24.8. The fourth-order valence-electron chi connectivity index (χ4n) is 2.83. The molecule has 3 rings (SSSR count). The molecule has 4 atom stereocenters. The number of benzene rings is 1. The predicted octanol–water partition coefficient (Wildman–Crippen LogP) is 0.258. The minimum absolute atomic E-state index is 0.170. The average Bonchev–Trinajstić information content (AvgIpc) is 2.96. The molecule has 0 spiro atoms. The first-order valence-electron chi connectivity index (χ1n) is 9.03. The molecule has 178 valence electrons. The minimum atomic E-state index is -4.00. The molecule has 0 aliphatic carbocycles. The minimum Gasteiger partial charge on any atom is -0.391 e. The summed E-state index contributed by atoms with van der Waals surface area (Å²) in [4.78, 5) is 48.4. The Bertz CT molecular complexity index is 1150. The van der Waals surface area contributed by atoms with Gasteiger partial charge in [0.15, 0.2) is 6.10 Å². The quantitative estimate of drug-likeness (QED) is 0.381. The van der Waals surface area contributed by atoms with Gasteiger partial charge in [0.25, 0.3) is 12.5 Å². The van der Waals surface area contributed by atoms with E-state index in [1.807, 2.05) is 0 Å². The molecule has 1 aromatic heterocycles. The predicted molar refractivity (Wildman–Crippen MR) is 110 cm³/mol. The Kier molecular flexibility index (Phi) is 7.21. The van der Waals surface area contributed by atoms with Crippen LogP contribution in [0.5, 0.6) is 5.88 Å². The zero-order chi connectivity index (χ0) is 24.4. The van der Waals surface area contributed by atoms with Crippen LogP contribution in [-0.2, 0) is 21.1 Å². The summed E-state index contributed by atoms with van der Waals surface area (Å²) in [5.74, 6) is -5.27. The average molecular weight is 506 g/mol. The summed E-state index contributed by atoms with van der Waals surface area (Å²) >= 11 is 4.81. The number of nitrogens with one attached hydrogen (secondary N) is 1. The molecule has 2 heterocycles. The van der Waals surface area contributed by atoms with E-state index in [2.05, 4.69) is 14.8 Å². The number of nitrogens with two attached hydrogens (primary N) is 1. The summed E-state index contributed by atoms with van der Waals surface area (Å²) in [6.45, 7) is -4.83. The van der Waals surface area contributed by atoms with E-state index in [-0.39, 0.29) is 5.56 Å². The molecule has 1 saturated heterocycles. The number of ether oxygens (including phenoxy) is 2. The van der Waals surface area contributed by atoms with Gasteiger partial charge in [-0.3, -0.25) is 14.4 Å². The van der Waals surface area contributed by atoms with Crippen molar-refractivity contribution < 1.29 is 42.4 Å². The summed E-state index contributed by atoms with van der Waals surface area (Å²) in [5.41, 5.74) is 3.68. The highest BCUT2D eigenvalue weighted by Crippen LogP contribution is 2.44. The molecule has 1 unspecified atom stereocenters. The first-order valence-corrected chi connectivity index (χ1v) is 11.7. The third-order valence-electron chi connectivity index (χ3n) is 4.33. The maximum Gasteiger partial charge on any atom is 0.411 e. The molecule has 2 amide bonds. The SMILES string of the molecule is NC(=O)Oc1ccn([C@@H]2O[C@H](COP(O)(=S)NC(=O)c3ccccc3)[C@@H](O)C2(F)F)c(=O)n1. The van der Waals surface area contributed by atoms with Crippen molar-refractivity contribution in [3.05, 3.63) is 58.6 Å². The van der Waals surface area contributed by atoms with E-state index >= 15 is 0 Å². The number of aromatic nitrogens is 2. The largest absolute Gasteiger partial charge is 0.411 e. The number of carbonyl (C=O) groups is 2. The number of amides is 2. The number of hydrogen-bond acceptors (Lipinski definition) is 9. The van der Waals surface area contributed by atoms with Crippen LogP contribution in [0.3, 0.4) is 0 Å². The van der Waals surface area contributed by atoms with Gasteiger partial charge in [0, 0.05) is 17.8 Å². The second-order valence-electron chi connectivity index (χ2n) is 6.65. The lowest BCUT2D eigenvalue weighted by Gasteiger charge is -2.21. The van der Waals surface area contributed by atoms with Crippen LogP contribution < -0.4 is 21.2 Å². The molecular formula is C17H17F2N4O8PS. The van der Waals surface area contributed by atoms with Crippen LogP contribution in [0.4, 0.5) is 13.6 Å². The Morgan fingerprint density at radius 3 is 2.61 bits per heavy atom. The van der Waals surface area contributed by atoms with Gasteiger partial charge in [0.2, 0.25) is 12.1 Å². The van der Waals surface area contributed by atoms with Gasteiger partial charge < -0.3 is 29.7 Å². The molecular weight excluding hydrogens is 489 g/mol. The summed E-state index contributed by atoms with van der Waals surface area (Å²) in [6, 6.07) is 8.62. The standard InChI is InChI=1S/C17H17F2N4O8PS/c18-17(19)12(24)10(8-29-32(28,33)22-13(25)9-4-2-1-3-5-9)30-14(17)23-7-6-11(21-16(23)27)31-15(20)26/h1-7,10,12,14,24H,8H2,(H2,20,26)(H2,22,25,28,33)/t10-,12-,14-,32?/m1/s1. The zero-order valence-electron chi connectivity index (χ0n) is 16.4. The Morgan fingerprint density at radius 2 is 2.00 bits per heavy atom. The van der Waals surface area contributed by atoms with Crippen molar-refractivity contribution in [1.29, 1.82) is 0 Å². The van der Waals surface area contributed by atoms with Gasteiger partial charge in [0.1, 0.15) is 6.10 Å². The molecule has 5 N–H and O–H groups in total. The lowest BCUT2D eigenvalue weighted by atomic mass is 10.1. The Balaban J connectivity index is 1.69. The maximum atomic E-state index is 14.6. The van der Waals surface area contributed by atoms with Gasteiger partial charge in [-0.2, -0.15) is 13.8 Å². The number of hydrogen-bond donors (Lipinski definition) is 4.